The fourth-order valence-corrected chi connectivity index (χ4v) is 0.435. The average molecular weight is 166 g/mol. The fraction of sp³-hybridized carbons (Fsp3) is 0.200. The van der Waals surface area contributed by atoms with E-state index in [0.717, 1.165) is 6.20 Å². The molecule has 0 aromatic carbocycles. The van der Waals surface area contributed by atoms with Gasteiger partial charge in [0.2, 0.25) is 0 Å². The maximum absolute atomic E-state index is 12.1. The van der Waals surface area contributed by atoms with Gasteiger partial charge in [0, 0.05) is 5.88 Å². The van der Waals surface area contributed by atoms with Crippen LogP contribution in [0.5, 0.6) is 11.9 Å². The average Bonchev–Trinajstić information content (AvgIpc) is 1.95. The normalized spacial score (nSPS) is 8.55. The minimum atomic E-state index is -0.971. The summed E-state index contributed by atoms with van der Waals surface area (Å²) in [5.74, 6) is -1.92. The maximum atomic E-state index is 12.1. The first-order valence-corrected chi connectivity index (χ1v) is 2.47. The number of halogens is 1. The van der Waals surface area contributed by atoms with Crippen molar-refractivity contribution in [2.75, 3.05) is 7.11 Å². The Kier molecular flexibility index (Phi) is 4.32. The molecule has 1 rings (SSSR count). The zero-order valence-corrected chi connectivity index (χ0v) is 8.17. The second-order valence-corrected chi connectivity index (χ2v) is 1.51. The van der Waals surface area contributed by atoms with Gasteiger partial charge in [0.25, 0.3) is 0 Å². The SMILES string of the molecule is COc1ncc(F)c([O-])n1.[Na+]. The molecule has 0 spiro atoms. The van der Waals surface area contributed by atoms with Gasteiger partial charge < -0.3 is 9.84 Å². The quantitative estimate of drug-likeness (QED) is 0.410. The van der Waals surface area contributed by atoms with Crippen LogP contribution in [0.2, 0.25) is 0 Å². The van der Waals surface area contributed by atoms with Gasteiger partial charge in [0.1, 0.15) is 0 Å². The number of hydrogen-bond donors (Lipinski definition) is 0. The predicted octanol–water partition coefficient (Wildman–Crippen LogP) is -3.30. The molecule has 6 heteroatoms. The smallest absolute Gasteiger partial charge is 0.856 e. The first kappa shape index (κ1) is 10.6. The molecule has 0 fully saturated rings. The van der Waals surface area contributed by atoms with Crippen LogP contribution in [0.3, 0.4) is 0 Å². The first-order chi connectivity index (χ1) is 4.74. The van der Waals surface area contributed by atoms with Gasteiger partial charge in [0.15, 0.2) is 5.82 Å². The van der Waals surface area contributed by atoms with Gasteiger partial charge in [-0.25, -0.2) is 14.4 Å². The topological polar surface area (TPSA) is 58.1 Å². The second-order valence-electron chi connectivity index (χ2n) is 1.51. The van der Waals surface area contributed by atoms with E-state index in [1.165, 1.54) is 7.11 Å². The first-order valence-electron chi connectivity index (χ1n) is 2.47. The van der Waals surface area contributed by atoms with Crippen LogP contribution in [0.15, 0.2) is 6.20 Å². The van der Waals surface area contributed by atoms with Crippen molar-refractivity contribution in [2.24, 2.45) is 0 Å². The molecule has 1 heterocycles. The maximum Gasteiger partial charge on any atom is 1.00 e. The molecule has 0 aliphatic heterocycles. The van der Waals surface area contributed by atoms with Gasteiger partial charge in [0.05, 0.1) is 13.3 Å². The van der Waals surface area contributed by atoms with Gasteiger partial charge in [-0.2, -0.15) is 0 Å². The molecule has 0 saturated heterocycles. The standard InChI is InChI=1S/C5H5FN2O2.Na/c1-10-5-7-2-3(6)4(9)8-5;/h2H,1H3,(H,7,8,9);/q;+1/p-1. The summed E-state index contributed by atoms with van der Waals surface area (Å²) in [6, 6.07) is -0.119. The third-order valence-electron chi connectivity index (χ3n) is 0.872. The van der Waals surface area contributed by atoms with Crippen molar-refractivity contribution in [1.29, 1.82) is 0 Å². The number of hydrogen-bond acceptors (Lipinski definition) is 4. The van der Waals surface area contributed by atoms with E-state index in [1.54, 1.807) is 0 Å². The van der Waals surface area contributed by atoms with Crippen LogP contribution >= 0.6 is 0 Å². The van der Waals surface area contributed by atoms with E-state index in [9.17, 15) is 9.50 Å². The molecule has 54 valence electrons. The summed E-state index contributed by atoms with van der Waals surface area (Å²) in [6.45, 7) is 0. The van der Waals surface area contributed by atoms with Gasteiger partial charge in [-0.05, 0) is 0 Å². The Hall–Kier alpha value is -0.390. The Morgan fingerprint density at radius 3 is 2.73 bits per heavy atom. The largest absolute Gasteiger partial charge is 1.00 e. The molecule has 0 bridgehead atoms. The van der Waals surface area contributed by atoms with E-state index in [4.69, 9.17) is 0 Å². The summed E-state index contributed by atoms with van der Waals surface area (Å²) in [5.41, 5.74) is 0. The van der Waals surface area contributed by atoms with E-state index in [-0.39, 0.29) is 35.6 Å². The molecule has 4 nitrogen and oxygen atoms in total. The van der Waals surface area contributed by atoms with Crippen LogP contribution < -0.4 is 39.4 Å². The van der Waals surface area contributed by atoms with Crippen LogP contribution in [0.4, 0.5) is 4.39 Å². The van der Waals surface area contributed by atoms with Crippen LogP contribution in [0.1, 0.15) is 0 Å². The Balaban J connectivity index is 0.000001000. The summed E-state index contributed by atoms with van der Waals surface area (Å²) in [5, 5.41) is 10.4. The molecule has 0 amide bonds. The third kappa shape index (κ3) is 2.61. The molecule has 0 atom stereocenters. The van der Waals surface area contributed by atoms with E-state index < -0.39 is 11.7 Å². The summed E-state index contributed by atoms with van der Waals surface area (Å²) in [4.78, 5) is 6.48. The molecule has 1 aromatic heterocycles. The summed E-state index contributed by atoms with van der Waals surface area (Å²) in [6.07, 6.45) is 0.772. The Labute approximate surface area is 84.7 Å². The zero-order chi connectivity index (χ0) is 7.56. The molecule has 0 radical (unpaired) electrons. The number of nitrogens with zero attached hydrogens (tertiary/aromatic N) is 2. The van der Waals surface area contributed by atoms with Crippen molar-refractivity contribution in [3.8, 4) is 11.9 Å². The Morgan fingerprint density at radius 2 is 2.27 bits per heavy atom. The van der Waals surface area contributed by atoms with Crippen molar-refractivity contribution in [3.63, 3.8) is 0 Å². The van der Waals surface area contributed by atoms with Gasteiger partial charge in [-0.1, -0.05) is 0 Å². The van der Waals surface area contributed by atoms with Crippen LogP contribution in [-0.4, -0.2) is 17.1 Å². The molecule has 1 aromatic rings. The van der Waals surface area contributed by atoms with E-state index in [0.29, 0.717) is 0 Å². The number of ether oxygens (including phenoxy) is 1. The third-order valence-corrected chi connectivity index (χ3v) is 0.872. The molecule has 0 saturated carbocycles. The van der Waals surface area contributed by atoms with Gasteiger partial charge in [-0.3, -0.25) is 0 Å². The van der Waals surface area contributed by atoms with E-state index in [1.807, 2.05) is 0 Å². The van der Waals surface area contributed by atoms with Crippen LogP contribution in [0, 0.1) is 5.82 Å². The van der Waals surface area contributed by atoms with Gasteiger partial charge in [-0.15, -0.1) is 0 Å². The van der Waals surface area contributed by atoms with Crippen LogP contribution in [-0.2, 0) is 0 Å². The zero-order valence-electron chi connectivity index (χ0n) is 6.17. The van der Waals surface area contributed by atoms with Crippen molar-refractivity contribution >= 4 is 0 Å². The number of rotatable bonds is 1. The Bertz CT molecular complexity index is 246. The summed E-state index contributed by atoms with van der Waals surface area (Å²) < 4.78 is 16.6. The number of aromatic nitrogens is 2. The molecule has 0 aliphatic rings. The van der Waals surface area contributed by atoms with E-state index in [2.05, 4.69) is 14.7 Å². The predicted molar refractivity (Wildman–Crippen MR) is 28.0 cm³/mol. The van der Waals surface area contributed by atoms with Crippen molar-refractivity contribution in [1.82, 2.24) is 9.97 Å². The monoisotopic (exact) mass is 166 g/mol. The second kappa shape index (κ2) is 4.48. The fourth-order valence-electron chi connectivity index (χ4n) is 0.435. The molecular formula is C5H4FN2NaO2. The van der Waals surface area contributed by atoms with Crippen LogP contribution in [0.25, 0.3) is 0 Å². The van der Waals surface area contributed by atoms with Crippen molar-refractivity contribution in [2.45, 2.75) is 0 Å². The van der Waals surface area contributed by atoms with E-state index >= 15 is 0 Å². The minimum Gasteiger partial charge on any atom is -0.856 e. The molecule has 0 N–H and O–H groups in total. The summed E-state index contributed by atoms with van der Waals surface area (Å²) >= 11 is 0. The Morgan fingerprint density at radius 1 is 1.64 bits per heavy atom. The van der Waals surface area contributed by atoms with Crippen molar-refractivity contribution in [3.05, 3.63) is 12.0 Å². The summed E-state index contributed by atoms with van der Waals surface area (Å²) in [7, 11) is 1.30. The number of methoxy groups -OCH3 is 1. The van der Waals surface area contributed by atoms with Crippen molar-refractivity contribution < 1.29 is 43.8 Å². The molecule has 0 aliphatic carbocycles. The minimum absolute atomic E-state index is 0. The molecular weight excluding hydrogens is 162 g/mol. The molecule has 0 unspecified atom stereocenters. The molecule has 11 heavy (non-hydrogen) atoms. The van der Waals surface area contributed by atoms with Gasteiger partial charge >= 0.3 is 35.6 Å².